The molecule has 1 aliphatic rings. The average molecular weight is 475 g/mol. The second-order valence-corrected chi connectivity index (χ2v) is 10.7. The van der Waals surface area contributed by atoms with Crippen molar-refractivity contribution in [3.63, 3.8) is 0 Å². The Morgan fingerprint density at radius 1 is 1.12 bits per heavy atom. The van der Waals surface area contributed by atoms with Crippen LogP contribution in [0.5, 0.6) is 5.75 Å². The number of carbonyl (C=O) groups is 1. The van der Waals surface area contributed by atoms with Gasteiger partial charge in [-0.1, -0.05) is 6.07 Å². The number of ketones is 1. The summed E-state index contributed by atoms with van der Waals surface area (Å²) in [5.74, 6) is 0.619. The normalized spacial score (nSPS) is 15.0. The molecule has 8 heteroatoms. The molecular weight excluding hydrogens is 440 g/mol. The van der Waals surface area contributed by atoms with Gasteiger partial charge in [0.2, 0.25) is 10.0 Å². The van der Waals surface area contributed by atoms with E-state index in [0.29, 0.717) is 44.3 Å². The van der Waals surface area contributed by atoms with E-state index in [9.17, 15) is 13.2 Å². The number of benzene rings is 2. The number of aryl methyl sites for hydroxylation is 2. The molecule has 3 rings (SSSR count). The molecule has 0 bridgehead atoms. The number of morpholine rings is 1. The van der Waals surface area contributed by atoms with E-state index >= 15 is 0 Å². The number of Topliss-reactive ketones (excluding diaryl/α,β-unsaturated/α-hetero) is 1. The second kappa shape index (κ2) is 10.2. The minimum atomic E-state index is -3.64. The highest BCUT2D eigenvalue weighted by molar-refractivity contribution is 7.89. The third-order valence-electron chi connectivity index (χ3n) is 5.86. The monoisotopic (exact) mass is 474 g/mol. The first kappa shape index (κ1) is 25.2. The van der Waals surface area contributed by atoms with Gasteiger partial charge in [0.15, 0.2) is 5.78 Å². The number of anilines is 1. The minimum Gasteiger partial charge on any atom is -0.489 e. The molecule has 180 valence electrons. The van der Waals surface area contributed by atoms with Crippen molar-refractivity contribution >= 4 is 21.5 Å². The summed E-state index contributed by atoms with van der Waals surface area (Å²) in [6.45, 7) is 13.3. The van der Waals surface area contributed by atoms with Gasteiger partial charge in [-0.25, -0.2) is 8.42 Å². The molecule has 0 unspecified atom stereocenters. The van der Waals surface area contributed by atoms with Gasteiger partial charge in [0.05, 0.1) is 29.9 Å². The Morgan fingerprint density at radius 3 is 2.39 bits per heavy atom. The molecule has 0 saturated carbocycles. The van der Waals surface area contributed by atoms with Gasteiger partial charge >= 0.3 is 0 Å². The standard InChI is InChI=1S/C25H34N2O5S/c1-16(2)32-24-8-7-21(33(29,30)27-9-11-31-12-10-27)14-23(24)26-15-22-17(3)13-18(4)25(19(22)5)20(6)28/h7-8,13-14,16,26H,9-12,15H2,1-6H3. The van der Waals surface area contributed by atoms with Gasteiger partial charge in [0, 0.05) is 25.2 Å². The first-order valence-electron chi connectivity index (χ1n) is 11.3. The summed E-state index contributed by atoms with van der Waals surface area (Å²) >= 11 is 0. The predicted octanol–water partition coefficient (Wildman–Crippen LogP) is 4.23. The van der Waals surface area contributed by atoms with E-state index in [1.165, 1.54) is 4.31 Å². The number of ether oxygens (including phenoxy) is 2. The van der Waals surface area contributed by atoms with Gasteiger partial charge in [0.25, 0.3) is 0 Å². The molecule has 0 atom stereocenters. The molecule has 1 aliphatic heterocycles. The van der Waals surface area contributed by atoms with Gasteiger partial charge in [-0.2, -0.15) is 4.31 Å². The van der Waals surface area contributed by atoms with Crippen LogP contribution in [0.25, 0.3) is 0 Å². The Morgan fingerprint density at radius 2 is 1.79 bits per heavy atom. The molecule has 0 radical (unpaired) electrons. The maximum Gasteiger partial charge on any atom is 0.243 e. The Bertz CT molecular complexity index is 1140. The zero-order valence-corrected chi connectivity index (χ0v) is 21.1. The fraction of sp³-hybridized carbons (Fsp3) is 0.480. The third kappa shape index (κ3) is 5.57. The number of nitrogens with zero attached hydrogens (tertiary/aromatic N) is 1. The van der Waals surface area contributed by atoms with Gasteiger partial charge < -0.3 is 14.8 Å². The largest absolute Gasteiger partial charge is 0.489 e. The van der Waals surface area contributed by atoms with E-state index in [4.69, 9.17) is 9.47 Å². The van der Waals surface area contributed by atoms with Gasteiger partial charge in [-0.3, -0.25) is 4.79 Å². The number of sulfonamides is 1. The molecular formula is C25H34N2O5S. The lowest BCUT2D eigenvalue weighted by Gasteiger charge is -2.26. The van der Waals surface area contributed by atoms with Crippen LogP contribution in [0.1, 0.15) is 53.4 Å². The van der Waals surface area contributed by atoms with Crippen LogP contribution in [-0.4, -0.2) is 50.9 Å². The lowest BCUT2D eigenvalue weighted by Crippen LogP contribution is -2.40. The van der Waals surface area contributed by atoms with Crippen LogP contribution in [0, 0.1) is 20.8 Å². The SMILES string of the molecule is CC(=O)c1c(C)cc(C)c(CNc2cc(S(=O)(=O)N3CCOCC3)ccc2OC(C)C)c1C. The molecule has 2 aromatic rings. The fourth-order valence-electron chi connectivity index (χ4n) is 4.32. The summed E-state index contributed by atoms with van der Waals surface area (Å²) < 4.78 is 39.0. The second-order valence-electron chi connectivity index (χ2n) is 8.74. The summed E-state index contributed by atoms with van der Waals surface area (Å²) in [7, 11) is -3.64. The molecule has 1 saturated heterocycles. The molecule has 33 heavy (non-hydrogen) atoms. The number of nitrogens with one attached hydrogen (secondary N) is 1. The maximum atomic E-state index is 13.2. The molecule has 7 nitrogen and oxygen atoms in total. The zero-order chi connectivity index (χ0) is 24.3. The Labute approximate surface area is 197 Å². The number of hydrogen-bond acceptors (Lipinski definition) is 6. The molecule has 1 fully saturated rings. The van der Waals surface area contributed by atoms with Crippen LogP contribution < -0.4 is 10.1 Å². The number of hydrogen-bond donors (Lipinski definition) is 1. The van der Waals surface area contributed by atoms with Gasteiger partial charge in [-0.05, 0) is 82.0 Å². The third-order valence-corrected chi connectivity index (χ3v) is 7.75. The molecule has 0 spiro atoms. The molecule has 0 aromatic heterocycles. The fourth-order valence-corrected chi connectivity index (χ4v) is 5.76. The van der Waals surface area contributed by atoms with Gasteiger partial charge in [0.1, 0.15) is 5.75 Å². The topological polar surface area (TPSA) is 84.9 Å². The highest BCUT2D eigenvalue weighted by atomic mass is 32.2. The average Bonchev–Trinajstić information content (AvgIpc) is 2.74. The van der Waals surface area contributed by atoms with Crippen molar-refractivity contribution in [2.75, 3.05) is 31.6 Å². The van der Waals surface area contributed by atoms with E-state index in [0.717, 1.165) is 27.8 Å². The number of carbonyl (C=O) groups excluding carboxylic acids is 1. The van der Waals surface area contributed by atoms with E-state index in [1.807, 2.05) is 40.7 Å². The molecule has 2 aromatic carbocycles. The summed E-state index contributed by atoms with van der Waals surface area (Å²) in [4.78, 5) is 12.4. The van der Waals surface area contributed by atoms with E-state index in [1.54, 1.807) is 25.1 Å². The summed E-state index contributed by atoms with van der Waals surface area (Å²) in [5.41, 5.74) is 5.33. The van der Waals surface area contributed by atoms with Gasteiger partial charge in [-0.15, -0.1) is 0 Å². The summed E-state index contributed by atoms with van der Waals surface area (Å²) in [5, 5.41) is 3.37. The quantitative estimate of drug-likeness (QED) is 0.576. The first-order valence-corrected chi connectivity index (χ1v) is 12.7. The predicted molar refractivity (Wildman–Crippen MR) is 130 cm³/mol. The Balaban J connectivity index is 1.97. The molecule has 0 amide bonds. The van der Waals surface area contributed by atoms with Crippen molar-refractivity contribution in [2.45, 2.75) is 59.1 Å². The first-order chi connectivity index (χ1) is 15.5. The van der Waals surface area contributed by atoms with Crippen molar-refractivity contribution in [3.8, 4) is 5.75 Å². The van der Waals surface area contributed by atoms with Crippen LogP contribution in [0.3, 0.4) is 0 Å². The van der Waals surface area contributed by atoms with Crippen LogP contribution in [-0.2, 0) is 21.3 Å². The number of rotatable bonds is 8. The molecule has 1 N–H and O–H groups in total. The molecule has 0 aliphatic carbocycles. The van der Waals surface area contributed by atoms with E-state index in [2.05, 4.69) is 5.32 Å². The molecule has 1 heterocycles. The summed E-state index contributed by atoms with van der Waals surface area (Å²) in [6, 6.07) is 6.94. The van der Waals surface area contributed by atoms with Crippen molar-refractivity contribution in [2.24, 2.45) is 0 Å². The lowest BCUT2D eigenvalue weighted by molar-refractivity contribution is 0.0730. The minimum absolute atomic E-state index is 0.0358. The van der Waals surface area contributed by atoms with Crippen LogP contribution in [0.15, 0.2) is 29.2 Å². The highest BCUT2D eigenvalue weighted by Crippen LogP contribution is 2.32. The highest BCUT2D eigenvalue weighted by Gasteiger charge is 2.27. The van der Waals surface area contributed by atoms with E-state index < -0.39 is 10.0 Å². The van der Waals surface area contributed by atoms with E-state index in [-0.39, 0.29) is 16.8 Å². The van der Waals surface area contributed by atoms with Crippen molar-refractivity contribution in [3.05, 3.63) is 52.1 Å². The van der Waals surface area contributed by atoms with Crippen LogP contribution in [0.2, 0.25) is 0 Å². The smallest absolute Gasteiger partial charge is 0.243 e. The Hall–Kier alpha value is -2.42. The van der Waals surface area contributed by atoms with Crippen molar-refractivity contribution in [1.29, 1.82) is 0 Å². The lowest BCUT2D eigenvalue weighted by atomic mass is 9.91. The maximum absolute atomic E-state index is 13.2. The summed E-state index contributed by atoms with van der Waals surface area (Å²) in [6.07, 6.45) is -0.0700. The van der Waals surface area contributed by atoms with Crippen molar-refractivity contribution in [1.82, 2.24) is 4.31 Å². The zero-order valence-electron chi connectivity index (χ0n) is 20.3. The van der Waals surface area contributed by atoms with Crippen LogP contribution >= 0.6 is 0 Å². The Kier molecular flexibility index (Phi) is 7.82. The van der Waals surface area contributed by atoms with Crippen molar-refractivity contribution < 1.29 is 22.7 Å². The van der Waals surface area contributed by atoms with Crippen LogP contribution in [0.4, 0.5) is 5.69 Å².